The van der Waals surface area contributed by atoms with E-state index in [0.29, 0.717) is 0 Å². The summed E-state index contributed by atoms with van der Waals surface area (Å²) in [4.78, 5) is 0. The van der Waals surface area contributed by atoms with Crippen LogP contribution < -0.4 is 5.73 Å². The Bertz CT molecular complexity index is 428. The summed E-state index contributed by atoms with van der Waals surface area (Å²) in [5.74, 6) is 0. The topological polar surface area (TPSA) is 26.0 Å². The Morgan fingerprint density at radius 1 is 0.824 bits per heavy atom. The highest BCUT2D eigenvalue weighted by Gasteiger charge is 2.28. The third kappa shape index (κ3) is 2.65. The fraction of sp³-hybridized carbons (Fsp3) is 0.625. The van der Waals surface area contributed by atoms with Crippen molar-refractivity contribution in [2.45, 2.75) is 66.2 Å². The first-order valence-corrected chi connectivity index (χ1v) is 6.37. The summed E-state index contributed by atoms with van der Waals surface area (Å²) in [6.45, 7) is 17.9. The molecular formula is C16H27N. The molecule has 0 aromatic heterocycles. The smallest absolute Gasteiger partial charge is 0.0349 e. The molecular weight excluding hydrogens is 206 g/mol. The molecule has 0 unspecified atom stereocenters. The molecule has 2 N–H and O–H groups in total. The fourth-order valence-electron chi connectivity index (χ4n) is 2.50. The molecule has 1 rings (SSSR count). The zero-order chi connectivity index (χ0) is 13.6. The van der Waals surface area contributed by atoms with Crippen LogP contribution in [0.3, 0.4) is 0 Å². The van der Waals surface area contributed by atoms with E-state index in [1.165, 1.54) is 22.3 Å². The molecule has 96 valence electrons. The maximum Gasteiger partial charge on any atom is 0.0349 e. The molecule has 0 amide bonds. The van der Waals surface area contributed by atoms with Gasteiger partial charge in [-0.05, 0) is 53.0 Å². The van der Waals surface area contributed by atoms with Crippen LogP contribution in [-0.2, 0) is 10.8 Å². The lowest BCUT2D eigenvalue weighted by Crippen LogP contribution is -2.24. The Balaban J connectivity index is 3.71. The molecule has 1 nitrogen and oxygen atoms in total. The Hall–Kier alpha value is -0.980. The van der Waals surface area contributed by atoms with Gasteiger partial charge in [-0.3, -0.25) is 0 Å². The molecule has 0 aliphatic heterocycles. The molecule has 0 fully saturated rings. The molecule has 0 atom stereocenters. The quantitative estimate of drug-likeness (QED) is 0.657. The summed E-state index contributed by atoms with van der Waals surface area (Å²) in [6, 6.07) is 2.17. The van der Waals surface area contributed by atoms with E-state index in [-0.39, 0.29) is 10.8 Å². The maximum atomic E-state index is 6.13. The number of nitrogens with two attached hydrogens (primary N) is 1. The van der Waals surface area contributed by atoms with Crippen molar-refractivity contribution in [3.8, 4) is 0 Å². The summed E-state index contributed by atoms with van der Waals surface area (Å²) < 4.78 is 0. The van der Waals surface area contributed by atoms with Gasteiger partial charge in [0.15, 0.2) is 0 Å². The second kappa shape index (κ2) is 4.04. The molecule has 1 aromatic carbocycles. The van der Waals surface area contributed by atoms with Crippen LogP contribution in [0.15, 0.2) is 6.07 Å². The number of hydrogen-bond donors (Lipinski definition) is 1. The van der Waals surface area contributed by atoms with E-state index in [2.05, 4.69) is 61.5 Å². The van der Waals surface area contributed by atoms with Crippen LogP contribution >= 0.6 is 0 Å². The van der Waals surface area contributed by atoms with Crippen molar-refractivity contribution in [2.24, 2.45) is 0 Å². The second-order valence-corrected chi connectivity index (χ2v) is 7.14. The lowest BCUT2D eigenvalue weighted by Gasteiger charge is -2.33. The Kier molecular flexibility index (Phi) is 3.35. The highest BCUT2D eigenvalue weighted by molar-refractivity contribution is 5.59. The van der Waals surface area contributed by atoms with E-state index in [1.54, 1.807) is 0 Å². The molecule has 0 saturated carbocycles. The van der Waals surface area contributed by atoms with Crippen LogP contribution in [0.1, 0.15) is 63.8 Å². The zero-order valence-corrected chi connectivity index (χ0v) is 12.7. The SMILES string of the molecule is Cc1c(N)cc(C(C)(C)C)c(C(C)(C)C)c1C. The van der Waals surface area contributed by atoms with Crippen molar-refractivity contribution in [1.29, 1.82) is 0 Å². The third-order valence-electron chi connectivity index (χ3n) is 3.50. The lowest BCUT2D eigenvalue weighted by atomic mass is 9.72. The largest absolute Gasteiger partial charge is 0.398 e. The highest BCUT2D eigenvalue weighted by atomic mass is 14.6. The van der Waals surface area contributed by atoms with Crippen molar-refractivity contribution < 1.29 is 0 Å². The highest BCUT2D eigenvalue weighted by Crippen LogP contribution is 2.39. The first kappa shape index (κ1) is 14.1. The van der Waals surface area contributed by atoms with Crippen LogP contribution in [0.25, 0.3) is 0 Å². The van der Waals surface area contributed by atoms with E-state index >= 15 is 0 Å². The fourth-order valence-corrected chi connectivity index (χ4v) is 2.50. The molecule has 0 bridgehead atoms. The predicted molar refractivity (Wildman–Crippen MR) is 77.7 cm³/mol. The summed E-state index contributed by atoms with van der Waals surface area (Å²) in [5.41, 5.74) is 12.7. The van der Waals surface area contributed by atoms with Crippen molar-refractivity contribution in [1.82, 2.24) is 0 Å². The van der Waals surface area contributed by atoms with Crippen molar-refractivity contribution in [3.63, 3.8) is 0 Å². The van der Waals surface area contributed by atoms with Gasteiger partial charge in [0, 0.05) is 5.69 Å². The molecule has 0 spiro atoms. The Labute approximate surface area is 106 Å². The lowest BCUT2D eigenvalue weighted by molar-refractivity contribution is 0.527. The van der Waals surface area contributed by atoms with Gasteiger partial charge in [-0.25, -0.2) is 0 Å². The Morgan fingerprint density at radius 3 is 1.65 bits per heavy atom. The van der Waals surface area contributed by atoms with E-state index in [4.69, 9.17) is 5.73 Å². The standard InChI is InChI=1S/C16H27N/c1-10-11(2)14(16(6,7)8)12(9-13(10)17)15(3,4)5/h9H,17H2,1-8H3. The molecule has 0 heterocycles. The third-order valence-corrected chi connectivity index (χ3v) is 3.50. The van der Waals surface area contributed by atoms with Gasteiger partial charge in [0.2, 0.25) is 0 Å². The minimum Gasteiger partial charge on any atom is -0.398 e. The van der Waals surface area contributed by atoms with Gasteiger partial charge in [-0.1, -0.05) is 41.5 Å². The second-order valence-electron chi connectivity index (χ2n) is 7.14. The van der Waals surface area contributed by atoms with Crippen LogP contribution in [-0.4, -0.2) is 0 Å². The van der Waals surface area contributed by atoms with Gasteiger partial charge in [0.1, 0.15) is 0 Å². The minimum absolute atomic E-state index is 0.134. The molecule has 0 radical (unpaired) electrons. The van der Waals surface area contributed by atoms with E-state index in [9.17, 15) is 0 Å². The minimum atomic E-state index is 0.134. The normalized spacial score (nSPS) is 12.9. The zero-order valence-electron chi connectivity index (χ0n) is 12.7. The molecule has 17 heavy (non-hydrogen) atoms. The van der Waals surface area contributed by atoms with E-state index in [0.717, 1.165) is 5.69 Å². The molecule has 0 saturated heterocycles. The average molecular weight is 233 g/mol. The van der Waals surface area contributed by atoms with Gasteiger partial charge < -0.3 is 5.73 Å². The molecule has 0 aliphatic carbocycles. The molecule has 0 aliphatic rings. The number of hydrogen-bond acceptors (Lipinski definition) is 1. The van der Waals surface area contributed by atoms with Gasteiger partial charge in [-0.15, -0.1) is 0 Å². The molecule has 1 heteroatoms. The summed E-state index contributed by atoms with van der Waals surface area (Å²) in [5, 5.41) is 0. The van der Waals surface area contributed by atoms with Gasteiger partial charge in [-0.2, -0.15) is 0 Å². The predicted octanol–water partition coefficient (Wildman–Crippen LogP) is 4.48. The van der Waals surface area contributed by atoms with Gasteiger partial charge in [0.05, 0.1) is 0 Å². The monoisotopic (exact) mass is 233 g/mol. The van der Waals surface area contributed by atoms with Gasteiger partial charge in [0.25, 0.3) is 0 Å². The Morgan fingerprint density at radius 2 is 1.29 bits per heavy atom. The maximum absolute atomic E-state index is 6.13. The van der Waals surface area contributed by atoms with Gasteiger partial charge >= 0.3 is 0 Å². The van der Waals surface area contributed by atoms with Crippen LogP contribution in [0.5, 0.6) is 0 Å². The first-order valence-electron chi connectivity index (χ1n) is 6.37. The van der Waals surface area contributed by atoms with Crippen LogP contribution in [0.2, 0.25) is 0 Å². The van der Waals surface area contributed by atoms with Crippen molar-refractivity contribution in [3.05, 3.63) is 28.3 Å². The number of nitrogen functional groups attached to an aromatic ring is 1. The van der Waals surface area contributed by atoms with Crippen molar-refractivity contribution in [2.75, 3.05) is 5.73 Å². The molecule has 1 aromatic rings. The van der Waals surface area contributed by atoms with Crippen LogP contribution in [0.4, 0.5) is 5.69 Å². The number of benzene rings is 1. The van der Waals surface area contributed by atoms with Crippen LogP contribution in [0, 0.1) is 13.8 Å². The van der Waals surface area contributed by atoms with E-state index < -0.39 is 0 Å². The summed E-state index contributed by atoms with van der Waals surface area (Å²) >= 11 is 0. The van der Waals surface area contributed by atoms with Crippen molar-refractivity contribution >= 4 is 5.69 Å². The number of rotatable bonds is 0. The average Bonchev–Trinajstić information content (AvgIpc) is 2.09. The number of anilines is 1. The first-order chi connectivity index (χ1) is 7.46. The summed E-state index contributed by atoms with van der Waals surface area (Å²) in [6.07, 6.45) is 0. The van der Waals surface area contributed by atoms with E-state index in [1.807, 2.05) is 0 Å². The summed E-state index contributed by atoms with van der Waals surface area (Å²) in [7, 11) is 0.